The van der Waals surface area contributed by atoms with Crippen LogP contribution in [0, 0.1) is 0 Å². The number of hydrogen-bond acceptors (Lipinski definition) is 6. The summed E-state index contributed by atoms with van der Waals surface area (Å²) in [5, 5.41) is 43.2. The second-order valence-electron chi connectivity index (χ2n) is 2.39. The molecule has 0 fully saturated rings. The number of aliphatic hydroxyl groups is 4. The third-order valence-electron chi connectivity index (χ3n) is 1.42. The van der Waals surface area contributed by atoms with Gasteiger partial charge in [0.1, 0.15) is 18.3 Å². The van der Waals surface area contributed by atoms with Gasteiger partial charge in [0.2, 0.25) is 0 Å². The Hall–Kier alpha value is -1.06. The molecule has 0 rings (SSSR count). The van der Waals surface area contributed by atoms with Crippen LogP contribution in [0.25, 0.3) is 0 Å². The van der Waals surface area contributed by atoms with E-state index in [1.807, 2.05) is 0 Å². The molecule has 0 saturated heterocycles. The molecular formula is C6H12O8. The van der Waals surface area contributed by atoms with E-state index in [4.69, 9.17) is 25.5 Å². The minimum Gasteiger partial charge on any atom is -0.479 e. The third kappa shape index (κ3) is 3.77. The van der Waals surface area contributed by atoms with Crippen LogP contribution in [-0.4, -0.2) is 67.7 Å². The van der Waals surface area contributed by atoms with Crippen molar-refractivity contribution in [2.75, 3.05) is 0 Å². The third-order valence-corrected chi connectivity index (χ3v) is 1.42. The van der Waals surface area contributed by atoms with E-state index in [1.165, 1.54) is 0 Å². The largest absolute Gasteiger partial charge is 0.479 e. The van der Waals surface area contributed by atoms with Gasteiger partial charge in [-0.05, 0) is 0 Å². The van der Waals surface area contributed by atoms with E-state index in [1.54, 1.807) is 0 Å². The van der Waals surface area contributed by atoms with Gasteiger partial charge in [-0.3, -0.25) is 0 Å². The number of carboxylic acids is 1. The molecule has 0 aliphatic heterocycles. The van der Waals surface area contributed by atoms with Crippen LogP contribution in [0.2, 0.25) is 0 Å². The van der Waals surface area contributed by atoms with Crippen molar-refractivity contribution in [3.8, 4) is 0 Å². The van der Waals surface area contributed by atoms with Crippen molar-refractivity contribution >= 4 is 12.3 Å². The average Bonchev–Trinajstić information content (AvgIpc) is 2.12. The van der Waals surface area contributed by atoms with Crippen molar-refractivity contribution < 1.29 is 40.6 Å². The molecule has 7 N–H and O–H groups in total. The summed E-state index contributed by atoms with van der Waals surface area (Å²) < 4.78 is 0. The summed E-state index contributed by atoms with van der Waals surface area (Å²) in [6.07, 6.45) is -8.39. The number of carboxylic acid groups (broad SMARTS) is 1. The molecule has 0 heterocycles. The van der Waals surface area contributed by atoms with E-state index >= 15 is 0 Å². The molecule has 14 heavy (non-hydrogen) atoms. The highest BCUT2D eigenvalue weighted by atomic mass is 16.4. The first-order valence-corrected chi connectivity index (χ1v) is 3.32. The van der Waals surface area contributed by atoms with Gasteiger partial charge < -0.3 is 35.8 Å². The molecule has 0 aliphatic rings. The van der Waals surface area contributed by atoms with Crippen LogP contribution >= 0.6 is 0 Å². The van der Waals surface area contributed by atoms with Gasteiger partial charge in [-0.2, -0.15) is 0 Å². The van der Waals surface area contributed by atoms with Crippen molar-refractivity contribution in [2.24, 2.45) is 0 Å². The summed E-state index contributed by atoms with van der Waals surface area (Å²) in [6, 6.07) is 0. The van der Waals surface area contributed by atoms with Gasteiger partial charge in [-0.15, -0.1) is 0 Å². The van der Waals surface area contributed by atoms with E-state index in [0.717, 1.165) is 0 Å². The Labute approximate surface area is 78.3 Å². The van der Waals surface area contributed by atoms with Gasteiger partial charge in [0.15, 0.2) is 12.4 Å². The number of carbonyl (C=O) groups is 2. The minimum absolute atomic E-state index is 0. The van der Waals surface area contributed by atoms with Crippen molar-refractivity contribution in [3.05, 3.63) is 0 Å². The Bertz CT molecular complexity index is 192. The SMILES string of the molecule is O.O=C[C@H](O)[C@@H](O)[C@H](O)[C@H](O)C(=O)O. The van der Waals surface area contributed by atoms with E-state index in [2.05, 4.69) is 0 Å². The molecule has 0 aromatic carbocycles. The summed E-state index contributed by atoms with van der Waals surface area (Å²) >= 11 is 0. The molecule has 0 aromatic heterocycles. The first-order chi connectivity index (χ1) is 5.91. The Morgan fingerprint density at radius 1 is 1.07 bits per heavy atom. The fraction of sp³-hybridized carbons (Fsp3) is 0.667. The molecule has 0 amide bonds. The molecule has 0 unspecified atom stereocenters. The Morgan fingerprint density at radius 2 is 1.50 bits per heavy atom. The summed E-state index contributed by atoms with van der Waals surface area (Å²) in [4.78, 5) is 20.0. The maximum Gasteiger partial charge on any atom is 0.335 e. The first kappa shape index (κ1) is 15.4. The van der Waals surface area contributed by atoms with Gasteiger partial charge in [-0.25, -0.2) is 4.79 Å². The van der Waals surface area contributed by atoms with Crippen LogP contribution in [0.15, 0.2) is 0 Å². The number of hydrogen-bond donors (Lipinski definition) is 5. The van der Waals surface area contributed by atoms with Gasteiger partial charge >= 0.3 is 5.97 Å². The lowest BCUT2D eigenvalue weighted by atomic mass is 10.0. The van der Waals surface area contributed by atoms with Gasteiger partial charge in [0.05, 0.1) is 0 Å². The molecule has 4 atom stereocenters. The zero-order chi connectivity index (χ0) is 10.6. The van der Waals surface area contributed by atoms with Crippen molar-refractivity contribution in [3.63, 3.8) is 0 Å². The minimum atomic E-state index is -2.25. The summed E-state index contributed by atoms with van der Waals surface area (Å²) in [7, 11) is 0. The summed E-state index contributed by atoms with van der Waals surface area (Å²) in [6.45, 7) is 0. The lowest BCUT2D eigenvalue weighted by Gasteiger charge is -2.21. The van der Waals surface area contributed by atoms with Crippen molar-refractivity contribution in [1.82, 2.24) is 0 Å². The van der Waals surface area contributed by atoms with Crippen LogP contribution in [0.4, 0.5) is 0 Å². The van der Waals surface area contributed by atoms with Crippen LogP contribution in [0.1, 0.15) is 0 Å². The fourth-order valence-corrected chi connectivity index (χ4v) is 0.615. The lowest BCUT2D eigenvalue weighted by molar-refractivity contribution is -0.163. The molecule has 84 valence electrons. The predicted molar refractivity (Wildman–Crippen MR) is 41.3 cm³/mol. The van der Waals surface area contributed by atoms with Crippen molar-refractivity contribution in [1.29, 1.82) is 0 Å². The molecule has 8 heteroatoms. The predicted octanol–water partition coefficient (Wildman–Crippen LogP) is -4.11. The molecule has 0 aliphatic carbocycles. The fourth-order valence-electron chi connectivity index (χ4n) is 0.615. The van der Waals surface area contributed by atoms with Crippen LogP contribution in [0.5, 0.6) is 0 Å². The number of aldehydes is 1. The monoisotopic (exact) mass is 212 g/mol. The first-order valence-electron chi connectivity index (χ1n) is 3.32. The van der Waals surface area contributed by atoms with Crippen molar-refractivity contribution in [2.45, 2.75) is 24.4 Å². The Balaban J connectivity index is 0. The summed E-state index contributed by atoms with van der Waals surface area (Å²) in [5.74, 6) is -1.76. The zero-order valence-electron chi connectivity index (χ0n) is 6.94. The van der Waals surface area contributed by atoms with Crippen LogP contribution in [-0.2, 0) is 9.59 Å². The van der Waals surface area contributed by atoms with Crippen LogP contribution < -0.4 is 0 Å². The van der Waals surface area contributed by atoms with E-state index < -0.39 is 30.4 Å². The molecule has 0 spiro atoms. The van der Waals surface area contributed by atoms with Crippen LogP contribution in [0.3, 0.4) is 0 Å². The Kier molecular flexibility index (Phi) is 7.05. The zero-order valence-corrected chi connectivity index (χ0v) is 6.94. The Morgan fingerprint density at radius 3 is 1.79 bits per heavy atom. The quantitative estimate of drug-likeness (QED) is 0.288. The number of rotatable bonds is 5. The highest BCUT2D eigenvalue weighted by Crippen LogP contribution is 2.03. The number of aliphatic carboxylic acids is 1. The van der Waals surface area contributed by atoms with Gasteiger partial charge in [0.25, 0.3) is 0 Å². The maximum absolute atomic E-state index is 10.1. The van der Waals surface area contributed by atoms with E-state index in [-0.39, 0.29) is 11.8 Å². The highest BCUT2D eigenvalue weighted by molar-refractivity contribution is 5.73. The van der Waals surface area contributed by atoms with E-state index in [9.17, 15) is 9.59 Å². The summed E-state index contributed by atoms with van der Waals surface area (Å²) in [5.41, 5.74) is 0. The lowest BCUT2D eigenvalue weighted by Crippen LogP contribution is -2.48. The maximum atomic E-state index is 10.1. The topological polar surface area (TPSA) is 167 Å². The number of aliphatic hydroxyl groups excluding tert-OH is 4. The normalized spacial score (nSPS) is 18.6. The number of carbonyl (C=O) groups excluding carboxylic acids is 1. The second kappa shape index (κ2) is 6.40. The molecule has 0 bridgehead atoms. The average molecular weight is 212 g/mol. The van der Waals surface area contributed by atoms with Gasteiger partial charge in [0, 0.05) is 0 Å². The smallest absolute Gasteiger partial charge is 0.335 e. The molecular weight excluding hydrogens is 200 g/mol. The standard InChI is InChI=1S/C6H10O7.H2O/c7-1-2(8)3(9)4(10)5(11)6(12)13;/h1-5,8-11H,(H,12,13);1H2/t2-,3+,4-,5-;/m0./s1. The van der Waals surface area contributed by atoms with Gasteiger partial charge in [-0.1, -0.05) is 0 Å². The molecule has 8 nitrogen and oxygen atoms in total. The second-order valence-corrected chi connectivity index (χ2v) is 2.39. The molecule has 0 saturated carbocycles. The highest BCUT2D eigenvalue weighted by Gasteiger charge is 2.33. The van der Waals surface area contributed by atoms with E-state index in [0.29, 0.717) is 0 Å². The molecule has 0 radical (unpaired) electrons. The molecule has 0 aromatic rings.